The number of aromatic nitrogens is 2. The number of nitrogens with zero attached hydrogens (tertiary/aromatic N) is 1. The minimum atomic E-state index is -0.875. The van der Waals surface area contributed by atoms with E-state index >= 15 is 0 Å². The third-order valence-electron chi connectivity index (χ3n) is 2.60. The second-order valence-electron chi connectivity index (χ2n) is 4.09. The fourth-order valence-electron chi connectivity index (χ4n) is 1.58. The topological polar surface area (TPSA) is 95.1 Å². The first kappa shape index (κ1) is 14.2. The maximum absolute atomic E-state index is 11.7. The van der Waals surface area contributed by atoms with Gasteiger partial charge in [0.15, 0.2) is 0 Å². The van der Waals surface area contributed by atoms with Crippen LogP contribution in [0.15, 0.2) is 41.2 Å². The van der Waals surface area contributed by atoms with E-state index in [2.05, 4.69) is 15.5 Å². The molecular formula is C13H12ClN3O3. The highest BCUT2D eigenvalue weighted by molar-refractivity contribution is 6.30. The molecule has 6 nitrogen and oxygen atoms in total. The number of carbonyl (C=O) groups excluding carboxylic acids is 1. The Balaban J connectivity index is 1.96. The van der Waals surface area contributed by atoms with Crippen molar-refractivity contribution in [1.82, 2.24) is 15.5 Å². The molecule has 7 heteroatoms. The molecule has 2 rings (SSSR count). The number of benzene rings is 1. The van der Waals surface area contributed by atoms with Crippen molar-refractivity contribution in [3.05, 3.63) is 63.0 Å². The van der Waals surface area contributed by atoms with Crippen LogP contribution in [-0.4, -0.2) is 27.8 Å². The van der Waals surface area contributed by atoms with Crippen LogP contribution in [0.3, 0.4) is 0 Å². The standard InChI is InChI=1S/C13H12ClN3O3/c14-9-3-1-2-8(6-9)11(18)7-15-13(20)10-4-5-12(19)17-16-10/h1-6,11,18H,7H2,(H,15,20)(H,17,19)/t11-/m1/s1. The second kappa shape index (κ2) is 6.31. The molecule has 0 aliphatic rings. The first-order valence-electron chi connectivity index (χ1n) is 5.84. The predicted molar refractivity (Wildman–Crippen MR) is 73.6 cm³/mol. The highest BCUT2D eigenvalue weighted by Gasteiger charge is 2.12. The van der Waals surface area contributed by atoms with Crippen molar-refractivity contribution in [1.29, 1.82) is 0 Å². The molecule has 0 aliphatic carbocycles. The summed E-state index contributed by atoms with van der Waals surface area (Å²) in [6, 6.07) is 9.25. The van der Waals surface area contributed by atoms with Crippen molar-refractivity contribution >= 4 is 17.5 Å². The van der Waals surface area contributed by atoms with Gasteiger partial charge in [-0.3, -0.25) is 9.59 Å². The summed E-state index contributed by atoms with van der Waals surface area (Å²) < 4.78 is 0. The molecule has 1 aromatic heterocycles. The zero-order chi connectivity index (χ0) is 14.5. The van der Waals surface area contributed by atoms with Crippen LogP contribution in [0.4, 0.5) is 0 Å². The molecule has 20 heavy (non-hydrogen) atoms. The molecule has 1 atom stereocenters. The van der Waals surface area contributed by atoms with E-state index in [0.717, 1.165) is 0 Å². The van der Waals surface area contributed by atoms with Gasteiger partial charge in [-0.15, -0.1) is 0 Å². The number of halogens is 1. The van der Waals surface area contributed by atoms with Crippen LogP contribution in [0.1, 0.15) is 22.2 Å². The molecule has 1 heterocycles. The third-order valence-corrected chi connectivity index (χ3v) is 2.84. The van der Waals surface area contributed by atoms with Crippen LogP contribution in [0.5, 0.6) is 0 Å². The Morgan fingerprint density at radius 1 is 1.40 bits per heavy atom. The maximum Gasteiger partial charge on any atom is 0.271 e. The number of nitrogens with one attached hydrogen (secondary N) is 2. The van der Waals surface area contributed by atoms with Gasteiger partial charge in [0, 0.05) is 17.6 Å². The molecule has 2 aromatic rings. The van der Waals surface area contributed by atoms with Gasteiger partial charge in [0.1, 0.15) is 5.69 Å². The first-order chi connectivity index (χ1) is 9.56. The van der Waals surface area contributed by atoms with Gasteiger partial charge >= 0.3 is 0 Å². The molecule has 3 N–H and O–H groups in total. The number of aromatic amines is 1. The largest absolute Gasteiger partial charge is 0.387 e. The van der Waals surface area contributed by atoms with Crippen molar-refractivity contribution in [2.45, 2.75) is 6.10 Å². The van der Waals surface area contributed by atoms with E-state index < -0.39 is 12.0 Å². The van der Waals surface area contributed by atoms with Crippen LogP contribution in [0, 0.1) is 0 Å². The van der Waals surface area contributed by atoms with Gasteiger partial charge in [0.25, 0.3) is 11.5 Å². The zero-order valence-corrected chi connectivity index (χ0v) is 11.1. The van der Waals surface area contributed by atoms with E-state index in [-0.39, 0.29) is 17.8 Å². The van der Waals surface area contributed by atoms with E-state index in [0.29, 0.717) is 10.6 Å². The Morgan fingerprint density at radius 2 is 2.20 bits per heavy atom. The normalized spacial score (nSPS) is 11.9. The molecule has 0 saturated carbocycles. The highest BCUT2D eigenvalue weighted by atomic mass is 35.5. The molecule has 104 valence electrons. The van der Waals surface area contributed by atoms with Gasteiger partial charge < -0.3 is 10.4 Å². The van der Waals surface area contributed by atoms with E-state index in [1.54, 1.807) is 24.3 Å². The van der Waals surface area contributed by atoms with E-state index in [1.165, 1.54) is 12.1 Å². The molecule has 0 bridgehead atoms. The summed E-state index contributed by atoms with van der Waals surface area (Å²) >= 11 is 5.82. The van der Waals surface area contributed by atoms with Crippen molar-refractivity contribution in [2.75, 3.05) is 6.54 Å². The third kappa shape index (κ3) is 3.66. The lowest BCUT2D eigenvalue weighted by molar-refractivity contribution is 0.0910. The average molecular weight is 294 g/mol. The van der Waals surface area contributed by atoms with Gasteiger partial charge in [-0.05, 0) is 23.8 Å². The number of H-pyrrole nitrogens is 1. The number of amides is 1. The number of aliphatic hydroxyl groups excluding tert-OH is 1. The molecule has 0 saturated heterocycles. The second-order valence-corrected chi connectivity index (χ2v) is 4.52. The monoisotopic (exact) mass is 293 g/mol. The molecule has 0 radical (unpaired) electrons. The maximum atomic E-state index is 11.7. The predicted octanol–water partition coefficient (Wildman–Crippen LogP) is 0.887. The number of rotatable bonds is 4. The summed E-state index contributed by atoms with van der Waals surface area (Å²) in [4.78, 5) is 22.6. The summed E-state index contributed by atoms with van der Waals surface area (Å²) in [5.41, 5.74) is 0.288. The highest BCUT2D eigenvalue weighted by Crippen LogP contribution is 2.16. The SMILES string of the molecule is O=C(NC[C@@H](O)c1cccc(Cl)c1)c1ccc(=O)[nH]n1. The average Bonchev–Trinajstić information content (AvgIpc) is 2.45. The molecule has 0 aliphatic heterocycles. The molecule has 1 aromatic carbocycles. The summed E-state index contributed by atoms with van der Waals surface area (Å²) in [7, 11) is 0. The van der Waals surface area contributed by atoms with E-state index in [9.17, 15) is 14.7 Å². The Morgan fingerprint density at radius 3 is 2.85 bits per heavy atom. The van der Waals surface area contributed by atoms with E-state index in [1.807, 2.05) is 0 Å². The first-order valence-corrected chi connectivity index (χ1v) is 6.21. The quantitative estimate of drug-likeness (QED) is 0.780. The minimum Gasteiger partial charge on any atom is -0.387 e. The van der Waals surface area contributed by atoms with Gasteiger partial charge in [-0.1, -0.05) is 23.7 Å². The Hall–Kier alpha value is -2.18. The zero-order valence-electron chi connectivity index (χ0n) is 10.3. The number of carbonyl (C=O) groups is 1. The van der Waals surface area contributed by atoms with Crippen molar-refractivity contribution in [3.63, 3.8) is 0 Å². The van der Waals surface area contributed by atoms with Gasteiger partial charge in [0.05, 0.1) is 6.10 Å². The number of hydrogen-bond donors (Lipinski definition) is 3. The molecule has 1 amide bonds. The van der Waals surface area contributed by atoms with Crippen molar-refractivity contribution in [3.8, 4) is 0 Å². The Bertz CT molecular complexity index is 651. The van der Waals surface area contributed by atoms with Crippen LogP contribution in [0.2, 0.25) is 5.02 Å². The van der Waals surface area contributed by atoms with E-state index in [4.69, 9.17) is 11.6 Å². The lowest BCUT2D eigenvalue weighted by Gasteiger charge is -2.12. The fraction of sp³-hybridized carbons (Fsp3) is 0.154. The molecule has 0 fully saturated rings. The summed E-state index contributed by atoms with van der Waals surface area (Å²) in [6.07, 6.45) is -0.875. The summed E-state index contributed by atoms with van der Waals surface area (Å²) in [5.74, 6) is -0.484. The Kier molecular flexibility index (Phi) is 4.49. The van der Waals surface area contributed by atoms with Crippen LogP contribution < -0.4 is 10.9 Å². The summed E-state index contributed by atoms with van der Waals surface area (Å²) in [6.45, 7) is 0.0139. The summed E-state index contributed by atoms with van der Waals surface area (Å²) in [5, 5.41) is 18.7. The van der Waals surface area contributed by atoms with Crippen molar-refractivity contribution in [2.24, 2.45) is 0 Å². The Labute approximate surface area is 119 Å². The molecular weight excluding hydrogens is 282 g/mol. The minimum absolute atomic E-state index is 0.0139. The van der Waals surface area contributed by atoms with Gasteiger partial charge in [0.2, 0.25) is 0 Å². The number of aliphatic hydroxyl groups is 1. The lowest BCUT2D eigenvalue weighted by atomic mass is 10.1. The lowest BCUT2D eigenvalue weighted by Crippen LogP contribution is -2.29. The van der Waals surface area contributed by atoms with Crippen LogP contribution in [0.25, 0.3) is 0 Å². The molecule has 0 unspecified atom stereocenters. The van der Waals surface area contributed by atoms with Gasteiger partial charge in [-0.25, -0.2) is 5.10 Å². The van der Waals surface area contributed by atoms with Crippen molar-refractivity contribution < 1.29 is 9.90 Å². The smallest absolute Gasteiger partial charge is 0.271 e. The number of hydrogen-bond acceptors (Lipinski definition) is 4. The van der Waals surface area contributed by atoms with Crippen LogP contribution in [-0.2, 0) is 0 Å². The van der Waals surface area contributed by atoms with Crippen LogP contribution >= 0.6 is 11.6 Å². The fourth-order valence-corrected chi connectivity index (χ4v) is 1.78. The van der Waals surface area contributed by atoms with Gasteiger partial charge in [-0.2, -0.15) is 5.10 Å². The molecule has 0 spiro atoms.